The average molecular weight is 452 g/mol. The average Bonchev–Trinajstić information content (AvgIpc) is 2.75. The monoisotopic (exact) mass is 451 g/mol. The second-order valence-corrected chi connectivity index (χ2v) is 9.32. The fraction of sp³-hybridized carbons (Fsp3) is 0.167. The molecule has 0 aromatic heterocycles. The maximum atomic E-state index is 13.3. The van der Waals surface area contributed by atoms with Crippen LogP contribution in [0.2, 0.25) is 0 Å². The van der Waals surface area contributed by atoms with Crippen LogP contribution in [0.4, 0.5) is 11.4 Å². The lowest BCUT2D eigenvalue weighted by atomic mass is 10.2. The zero-order valence-corrected chi connectivity index (χ0v) is 18.7. The Bertz CT molecular complexity index is 1180. The van der Waals surface area contributed by atoms with Crippen molar-refractivity contribution in [2.45, 2.75) is 25.3 Å². The number of nitrogens with one attached hydrogen (secondary N) is 2. The van der Waals surface area contributed by atoms with Gasteiger partial charge in [0.2, 0.25) is 21.8 Å². The minimum atomic E-state index is -3.90. The van der Waals surface area contributed by atoms with Gasteiger partial charge < -0.3 is 10.6 Å². The SMILES string of the molecule is CC(=O)Nc1ccc(NC(=O)CN(Cc2ccccc2)S(=O)(=O)c2ccc(C)cc2)cc1. The third-order valence-electron chi connectivity index (χ3n) is 4.67. The molecule has 0 aliphatic rings. The van der Waals surface area contributed by atoms with Crippen LogP contribution in [0.1, 0.15) is 18.1 Å². The Morgan fingerprint density at radius 3 is 1.94 bits per heavy atom. The fourth-order valence-corrected chi connectivity index (χ4v) is 4.46. The van der Waals surface area contributed by atoms with Crippen molar-refractivity contribution in [1.29, 1.82) is 0 Å². The number of nitrogens with zero attached hydrogens (tertiary/aromatic N) is 1. The van der Waals surface area contributed by atoms with Crippen molar-refractivity contribution in [3.8, 4) is 0 Å². The summed E-state index contributed by atoms with van der Waals surface area (Å²) >= 11 is 0. The molecule has 3 rings (SSSR count). The van der Waals surface area contributed by atoms with Gasteiger partial charge in [-0.3, -0.25) is 9.59 Å². The summed E-state index contributed by atoms with van der Waals surface area (Å²) in [4.78, 5) is 24.0. The number of benzene rings is 3. The van der Waals surface area contributed by atoms with E-state index in [1.807, 2.05) is 37.3 Å². The number of amides is 2. The van der Waals surface area contributed by atoms with E-state index < -0.39 is 15.9 Å². The van der Waals surface area contributed by atoms with Crippen LogP contribution in [0.5, 0.6) is 0 Å². The standard InChI is InChI=1S/C24H25N3O4S/c1-18-8-14-23(15-9-18)32(30,31)27(16-20-6-4-3-5-7-20)17-24(29)26-22-12-10-21(11-13-22)25-19(2)28/h3-15H,16-17H2,1-2H3,(H,25,28)(H,26,29). The predicted octanol–water partition coefficient (Wildman–Crippen LogP) is 3.78. The Morgan fingerprint density at radius 2 is 1.38 bits per heavy atom. The Kier molecular flexibility index (Phi) is 7.40. The number of hydrogen-bond donors (Lipinski definition) is 2. The lowest BCUT2D eigenvalue weighted by Gasteiger charge is -2.22. The molecular weight excluding hydrogens is 426 g/mol. The van der Waals surface area contributed by atoms with Gasteiger partial charge in [-0.1, -0.05) is 48.0 Å². The Hall–Kier alpha value is -3.49. The quantitative estimate of drug-likeness (QED) is 0.545. The number of sulfonamides is 1. The first-order valence-electron chi connectivity index (χ1n) is 10.0. The molecule has 0 fully saturated rings. The van der Waals surface area contributed by atoms with Crippen LogP contribution in [-0.2, 0) is 26.2 Å². The molecule has 0 atom stereocenters. The number of anilines is 2. The molecular formula is C24H25N3O4S. The molecule has 0 saturated carbocycles. The van der Waals surface area contributed by atoms with Crippen LogP contribution >= 0.6 is 0 Å². The summed E-state index contributed by atoms with van der Waals surface area (Å²) in [6.07, 6.45) is 0. The van der Waals surface area contributed by atoms with Crippen molar-refractivity contribution >= 4 is 33.2 Å². The van der Waals surface area contributed by atoms with Crippen LogP contribution in [0, 0.1) is 6.92 Å². The molecule has 32 heavy (non-hydrogen) atoms. The van der Waals surface area contributed by atoms with Crippen LogP contribution in [-0.4, -0.2) is 31.1 Å². The maximum absolute atomic E-state index is 13.3. The highest BCUT2D eigenvalue weighted by atomic mass is 32.2. The van der Waals surface area contributed by atoms with E-state index in [-0.39, 0.29) is 23.9 Å². The second-order valence-electron chi connectivity index (χ2n) is 7.38. The van der Waals surface area contributed by atoms with E-state index in [1.54, 1.807) is 48.5 Å². The third-order valence-corrected chi connectivity index (χ3v) is 6.48. The van der Waals surface area contributed by atoms with Crippen molar-refractivity contribution in [3.63, 3.8) is 0 Å². The predicted molar refractivity (Wildman–Crippen MR) is 125 cm³/mol. The molecule has 0 heterocycles. The highest BCUT2D eigenvalue weighted by Crippen LogP contribution is 2.20. The van der Waals surface area contributed by atoms with E-state index in [0.717, 1.165) is 15.4 Å². The van der Waals surface area contributed by atoms with E-state index in [9.17, 15) is 18.0 Å². The second kappa shape index (κ2) is 10.2. The highest BCUT2D eigenvalue weighted by Gasteiger charge is 2.27. The first kappa shape index (κ1) is 23.2. The molecule has 3 aromatic rings. The smallest absolute Gasteiger partial charge is 0.243 e. The summed E-state index contributed by atoms with van der Waals surface area (Å²) in [5.74, 6) is -0.663. The molecule has 166 valence electrons. The van der Waals surface area contributed by atoms with E-state index in [2.05, 4.69) is 10.6 Å². The minimum absolute atomic E-state index is 0.0614. The Balaban J connectivity index is 1.79. The highest BCUT2D eigenvalue weighted by molar-refractivity contribution is 7.89. The number of rotatable bonds is 8. The normalized spacial score (nSPS) is 11.2. The van der Waals surface area contributed by atoms with Crippen LogP contribution in [0.15, 0.2) is 83.8 Å². The third kappa shape index (κ3) is 6.26. The van der Waals surface area contributed by atoms with Gasteiger partial charge in [0.15, 0.2) is 0 Å². The van der Waals surface area contributed by atoms with Crippen molar-refractivity contribution in [3.05, 3.63) is 90.0 Å². The van der Waals surface area contributed by atoms with Gasteiger partial charge in [-0.25, -0.2) is 8.42 Å². The van der Waals surface area contributed by atoms with Crippen LogP contribution < -0.4 is 10.6 Å². The summed E-state index contributed by atoms with van der Waals surface area (Å²) in [6, 6.07) is 22.2. The summed E-state index contributed by atoms with van der Waals surface area (Å²) in [7, 11) is -3.90. The van der Waals surface area contributed by atoms with E-state index in [1.165, 1.54) is 6.92 Å². The van der Waals surface area contributed by atoms with Crippen molar-refractivity contribution in [1.82, 2.24) is 4.31 Å². The minimum Gasteiger partial charge on any atom is -0.326 e. The van der Waals surface area contributed by atoms with Gasteiger partial charge in [-0.05, 0) is 48.9 Å². The molecule has 3 aromatic carbocycles. The van der Waals surface area contributed by atoms with Gasteiger partial charge in [0.25, 0.3) is 0 Å². The number of aryl methyl sites for hydroxylation is 1. The van der Waals surface area contributed by atoms with Gasteiger partial charge in [0, 0.05) is 24.8 Å². The topological polar surface area (TPSA) is 95.6 Å². The van der Waals surface area contributed by atoms with Crippen LogP contribution in [0.3, 0.4) is 0 Å². The van der Waals surface area contributed by atoms with Gasteiger partial charge >= 0.3 is 0 Å². The summed E-state index contributed by atoms with van der Waals surface area (Å²) in [5.41, 5.74) is 2.81. The lowest BCUT2D eigenvalue weighted by molar-refractivity contribution is -0.116. The largest absolute Gasteiger partial charge is 0.326 e. The van der Waals surface area contributed by atoms with E-state index >= 15 is 0 Å². The summed E-state index contributed by atoms with van der Waals surface area (Å²) < 4.78 is 27.7. The zero-order valence-electron chi connectivity index (χ0n) is 17.9. The summed E-state index contributed by atoms with van der Waals surface area (Å²) in [6.45, 7) is 3.00. The molecule has 0 spiro atoms. The molecule has 0 saturated heterocycles. The number of carbonyl (C=O) groups is 2. The van der Waals surface area contributed by atoms with Crippen molar-refractivity contribution in [2.75, 3.05) is 17.2 Å². The molecule has 0 radical (unpaired) electrons. The van der Waals surface area contributed by atoms with Gasteiger partial charge in [0.1, 0.15) is 0 Å². The lowest BCUT2D eigenvalue weighted by Crippen LogP contribution is -2.37. The molecule has 8 heteroatoms. The van der Waals surface area contributed by atoms with Gasteiger partial charge in [-0.2, -0.15) is 4.31 Å². The molecule has 0 unspecified atom stereocenters. The Labute approximate surface area is 188 Å². The van der Waals surface area contributed by atoms with Crippen LogP contribution in [0.25, 0.3) is 0 Å². The number of hydrogen-bond acceptors (Lipinski definition) is 4. The van der Waals surface area contributed by atoms with Gasteiger partial charge in [0.05, 0.1) is 11.4 Å². The van der Waals surface area contributed by atoms with E-state index in [0.29, 0.717) is 11.4 Å². The first-order valence-corrected chi connectivity index (χ1v) is 11.5. The molecule has 2 N–H and O–H groups in total. The molecule has 0 aliphatic carbocycles. The molecule has 7 nitrogen and oxygen atoms in total. The van der Waals surface area contributed by atoms with Crippen molar-refractivity contribution in [2.24, 2.45) is 0 Å². The Morgan fingerprint density at radius 1 is 0.812 bits per heavy atom. The fourth-order valence-electron chi connectivity index (χ4n) is 3.07. The number of carbonyl (C=O) groups excluding carboxylic acids is 2. The summed E-state index contributed by atoms with van der Waals surface area (Å²) in [5, 5.41) is 5.36. The zero-order chi connectivity index (χ0) is 23.1. The molecule has 2 amide bonds. The molecule has 0 bridgehead atoms. The first-order chi connectivity index (χ1) is 15.2. The molecule has 0 aliphatic heterocycles. The van der Waals surface area contributed by atoms with Crippen molar-refractivity contribution < 1.29 is 18.0 Å². The van der Waals surface area contributed by atoms with E-state index in [4.69, 9.17) is 0 Å². The van der Waals surface area contributed by atoms with Gasteiger partial charge in [-0.15, -0.1) is 0 Å². The maximum Gasteiger partial charge on any atom is 0.243 e.